The first kappa shape index (κ1) is 19.0. The molecule has 5 N–H and O–H groups in total. The van der Waals surface area contributed by atoms with Crippen LogP contribution in [0.25, 0.3) is 0 Å². The number of hydrogen-bond donors (Lipinski definition) is 4. The molecule has 0 fully saturated rings. The molecule has 0 atom stereocenters. The zero-order chi connectivity index (χ0) is 17.9. The van der Waals surface area contributed by atoms with Crippen LogP contribution in [-0.2, 0) is 6.54 Å². The summed E-state index contributed by atoms with van der Waals surface area (Å²) < 4.78 is 0. The van der Waals surface area contributed by atoms with E-state index < -0.39 is 0 Å². The van der Waals surface area contributed by atoms with Crippen LogP contribution >= 0.6 is 0 Å². The fourth-order valence-electron chi connectivity index (χ4n) is 2.70. The minimum Gasteiger partial charge on any atom is -0.370 e. The number of anilines is 1. The van der Waals surface area contributed by atoms with Crippen LogP contribution in [0, 0.1) is 5.41 Å². The van der Waals surface area contributed by atoms with Crippen molar-refractivity contribution in [3.05, 3.63) is 65.7 Å². The van der Waals surface area contributed by atoms with E-state index in [-0.39, 0.29) is 0 Å². The quantitative estimate of drug-likeness (QED) is 0.176. The minimum atomic E-state index is 0.459. The molecule has 2 aromatic carbocycles. The number of unbranched alkanes of at least 4 members (excludes halogenated alkanes) is 1. The predicted molar refractivity (Wildman–Crippen MR) is 106 cm³/mol. The fraction of sp³-hybridized carbons (Fsp3) is 0.350. The van der Waals surface area contributed by atoms with Gasteiger partial charge in [-0.1, -0.05) is 37.3 Å². The Hall–Kier alpha value is -2.37. The summed E-state index contributed by atoms with van der Waals surface area (Å²) in [6.07, 6.45) is 2.17. The van der Waals surface area contributed by atoms with Gasteiger partial charge in [-0.05, 0) is 55.8 Å². The smallest absolute Gasteiger partial charge is 0.125 e. The molecule has 0 aliphatic rings. The Kier molecular flexibility index (Phi) is 7.95. The number of hydrazine groups is 1. The maximum absolute atomic E-state index is 8.09. The second kappa shape index (κ2) is 10.5. The van der Waals surface area contributed by atoms with Crippen molar-refractivity contribution in [2.75, 3.05) is 25.1 Å². The molecular weight excluding hydrogens is 310 g/mol. The number of nitrogens with one attached hydrogen (secondary N) is 3. The van der Waals surface area contributed by atoms with Gasteiger partial charge < -0.3 is 10.7 Å². The van der Waals surface area contributed by atoms with Crippen LogP contribution in [0.3, 0.4) is 0 Å². The van der Waals surface area contributed by atoms with E-state index >= 15 is 0 Å². The molecule has 134 valence electrons. The van der Waals surface area contributed by atoms with Crippen molar-refractivity contribution in [1.82, 2.24) is 10.2 Å². The van der Waals surface area contributed by atoms with Crippen molar-refractivity contribution in [1.29, 1.82) is 5.41 Å². The molecular formula is C20H29N5. The number of rotatable bonds is 10. The molecule has 25 heavy (non-hydrogen) atoms. The van der Waals surface area contributed by atoms with E-state index in [1.807, 2.05) is 24.3 Å². The molecule has 2 aromatic rings. The molecule has 0 aromatic heterocycles. The van der Waals surface area contributed by atoms with Gasteiger partial charge >= 0.3 is 0 Å². The van der Waals surface area contributed by atoms with Gasteiger partial charge in [0.15, 0.2) is 0 Å². The number of nitrogens with zero attached hydrogens (tertiary/aromatic N) is 1. The molecule has 0 spiro atoms. The van der Waals surface area contributed by atoms with Gasteiger partial charge in [-0.15, -0.1) is 0 Å². The Morgan fingerprint density at radius 3 is 2.40 bits per heavy atom. The van der Waals surface area contributed by atoms with Gasteiger partial charge in [0.25, 0.3) is 0 Å². The maximum atomic E-state index is 8.09. The van der Waals surface area contributed by atoms with Gasteiger partial charge in [0.1, 0.15) is 5.84 Å². The van der Waals surface area contributed by atoms with Gasteiger partial charge in [-0.3, -0.25) is 16.2 Å². The Morgan fingerprint density at radius 1 is 1.04 bits per heavy atom. The molecule has 5 nitrogen and oxygen atoms in total. The first-order chi connectivity index (χ1) is 12.2. The SMILES string of the molecule is CCN(CCCCNC(=N)c1ccc(NN)cc1)Cc1ccccc1. The molecule has 0 saturated carbocycles. The number of hydrogen-bond acceptors (Lipinski definition) is 4. The minimum absolute atomic E-state index is 0.459. The highest BCUT2D eigenvalue weighted by atomic mass is 15.2. The van der Waals surface area contributed by atoms with Crippen molar-refractivity contribution in [3.8, 4) is 0 Å². The van der Waals surface area contributed by atoms with Crippen molar-refractivity contribution in [3.63, 3.8) is 0 Å². The van der Waals surface area contributed by atoms with Crippen LogP contribution in [0.5, 0.6) is 0 Å². The first-order valence-corrected chi connectivity index (χ1v) is 8.88. The molecule has 0 aliphatic carbocycles. The van der Waals surface area contributed by atoms with Crippen LogP contribution in [0.2, 0.25) is 0 Å². The van der Waals surface area contributed by atoms with Crippen molar-refractivity contribution in [2.24, 2.45) is 5.84 Å². The second-order valence-corrected chi connectivity index (χ2v) is 6.08. The Bertz CT molecular complexity index is 624. The summed E-state index contributed by atoms with van der Waals surface area (Å²) in [7, 11) is 0. The van der Waals surface area contributed by atoms with Gasteiger partial charge in [-0.25, -0.2) is 0 Å². The van der Waals surface area contributed by atoms with Crippen molar-refractivity contribution in [2.45, 2.75) is 26.3 Å². The Labute approximate surface area is 150 Å². The molecule has 0 saturated heterocycles. The highest BCUT2D eigenvalue weighted by Crippen LogP contribution is 2.08. The molecule has 0 amide bonds. The summed E-state index contributed by atoms with van der Waals surface area (Å²) in [4.78, 5) is 2.46. The summed E-state index contributed by atoms with van der Waals surface area (Å²) in [6, 6.07) is 18.1. The maximum Gasteiger partial charge on any atom is 0.125 e. The van der Waals surface area contributed by atoms with E-state index in [4.69, 9.17) is 11.3 Å². The van der Waals surface area contributed by atoms with Crippen molar-refractivity contribution < 1.29 is 0 Å². The van der Waals surface area contributed by atoms with Crippen LogP contribution < -0.4 is 16.6 Å². The van der Waals surface area contributed by atoms with E-state index in [1.165, 1.54) is 5.56 Å². The van der Waals surface area contributed by atoms with Crippen LogP contribution in [-0.4, -0.2) is 30.4 Å². The fourth-order valence-corrected chi connectivity index (χ4v) is 2.70. The average molecular weight is 339 g/mol. The van der Waals surface area contributed by atoms with E-state index in [9.17, 15) is 0 Å². The molecule has 0 unspecified atom stereocenters. The third-order valence-electron chi connectivity index (χ3n) is 4.24. The molecule has 5 heteroatoms. The van der Waals surface area contributed by atoms with Crippen LogP contribution in [0.15, 0.2) is 54.6 Å². The van der Waals surface area contributed by atoms with E-state index in [2.05, 4.69) is 52.9 Å². The van der Waals surface area contributed by atoms with Gasteiger partial charge in [0.2, 0.25) is 0 Å². The molecule has 0 aliphatic heterocycles. The van der Waals surface area contributed by atoms with E-state index in [0.29, 0.717) is 5.84 Å². The standard InChI is InChI=1S/C20H29N5/c1-2-25(16-17-8-4-3-5-9-17)15-7-6-14-23-20(21)18-10-12-19(24-22)13-11-18/h3-5,8-13,24H,2,6-7,14-16,22H2,1H3,(H2,21,23). The number of amidine groups is 1. The average Bonchev–Trinajstić information content (AvgIpc) is 2.67. The van der Waals surface area contributed by atoms with E-state index in [0.717, 1.165) is 50.3 Å². The topological polar surface area (TPSA) is 77.2 Å². The highest BCUT2D eigenvalue weighted by molar-refractivity contribution is 5.96. The lowest BCUT2D eigenvalue weighted by Crippen LogP contribution is -2.27. The number of benzene rings is 2. The summed E-state index contributed by atoms with van der Waals surface area (Å²) in [5, 5.41) is 11.3. The lowest BCUT2D eigenvalue weighted by atomic mass is 10.2. The Morgan fingerprint density at radius 2 is 1.76 bits per heavy atom. The predicted octanol–water partition coefficient (Wildman–Crippen LogP) is 3.19. The molecule has 2 rings (SSSR count). The number of nitrogen functional groups attached to an aromatic ring is 1. The zero-order valence-corrected chi connectivity index (χ0v) is 15.0. The van der Waals surface area contributed by atoms with Crippen LogP contribution in [0.1, 0.15) is 30.9 Å². The first-order valence-electron chi connectivity index (χ1n) is 8.88. The van der Waals surface area contributed by atoms with Crippen LogP contribution in [0.4, 0.5) is 5.69 Å². The highest BCUT2D eigenvalue weighted by Gasteiger charge is 2.04. The largest absolute Gasteiger partial charge is 0.370 e. The molecule has 0 bridgehead atoms. The lowest BCUT2D eigenvalue weighted by Gasteiger charge is -2.20. The summed E-state index contributed by atoms with van der Waals surface area (Å²) in [5.41, 5.74) is 5.67. The zero-order valence-electron chi connectivity index (χ0n) is 15.0. The monoisotopic (exact) mass is 339 g/mol. The van der Waals surface area contributed by atoms with Gasteiger partial charge in [0, 0.05) is 24.3 Å². The van der Waals surface area contributed by atoms with Gasteiger partial charge in [-0.2, -0.15) is 0 Å². The summed E-state index contributed by atoms with van der Waals surface area (Å²) >= 11 is 0. The third-order valence-corrected chi connectivity index (χ3v) is 4.24. The van der Waals surface area contributed by atoms with Gasteiger partial charge in [0.05, 0.1) is 0 Å². The normalized spacial score (nSPS) is 10.7. The summed E-state index contributed by atoms with van der Waals surface area (Å²) in [6.45, 7) is 6.16. The molecule has 0 heterocycles. The lowest BCUT2D eigenvalue weighted by molar-refractivity contribution is 0.274. The van der Waals surface area contributed by atoms with E-state index in [1.54, 1.807) is 0 Å². The molecule has 0 radical (unpaired) electrons. The summed E-state index contributed by atoms with van der Waals surface area (Å²) in [5.74, 6) is 5.81. The second-order valence-electron chi connectivity index (χ2n) is 6.08. The number of nitrogens with two attached hydrogens (primary N) is 1. The van der Waals surface area contributed by atoms with Crippen molar-refractivity contribution >= 4 is 11.5 Å². The Balaban J connectivity index is 1.65. The third kappa shape index (κ3) is 6.57.